The number of hydrogen-bond acceptors (Lipinski definition) is 6. The van der Waals surface area contributed by atoms with Crippen LogP contribution < -0.4 is 0 Å². The zero-order chi connectivity index (χ0) is 55.0. The second-order valence-electron chi connectivity index (χ2n) is 21.6. The molecular weight excluding hydrogens is 937 g/mol. The summed E-state index contributed by atoms with van der Waals surface area (Å²) in [7, 11) is 0. The molecule has 6 nitrogen and oxygen atoms in total. The van der Waals surface area contributed by atoms with Crippen molar-refractivity contribution in [1.29, 1.82) is 0 Å². The van der Waals surface area contributed by atoms with E-state index in [1.807, 2.05) is 0 Å². The van der Waals surface area contributed by atoms with Crippen molar-refractivity contribution >= 4 is 17.9 Å². The van der Waals surface area contributed by atoms with Crippen LogP contribution in [0, 0.1) is 0 Å². The van der Waals surface area contributed by atoms with Gasteiger partial charge in [-0.05, 0) is 89.9 Å². The molecule has 0 N–H and O–H groups in total. The first-order valence-electron chi connectivity index (χ1n) is 32.6. The minimum atomic E-state index is -0.805. The summed E-state index contributed by atoms with van der Waals surface area (Å²) in [5.74, 6) is -0.941. The standard InChI is InChI=1S/C70H122O6/c1-4-7-10-13-16-19-22-25-28-30-31-32-33-34-35-36-37-38-39-41-42-45-48-51-54-57-60-63-69(72)75-66-67(65-74-68(71)62-59-56-53-50-47-44-27-24-21-18-15-12-9-6-3)76-70(73)64-61-58-55-52-49-46-43-40-29-26-23-20-17-14-11-8-5-2/h8,11,17,20,22,25-26,29-31,43,46,52,55,67H,4-7,9-10,12-16,18-19,21,23-24,27-28,32-42,44-45,47-51,53-54,56-66H2,1-3H3/b11-8-,20-17-,25-22-,29-26-,31-30-,46-43-,55-52-. The van der Waals surface area contributed by atoms with Crippen molar-refractivity contribution in [3.05, 3.63) is 85.1 Å². The van der Waals surface area contributed by atoms with Crippen LogP contribution in [0.1, 0.15) is 323 Å². The Morgan fingerprint density at radius 1 is 0.276 bits per heavy atom. The first-order chi connectivity index (χ1) is 37.5. The Labute approximate surface area is 471 Å². The molecule has 0 aromatic carbocycles. The zero-order valence-corrected chi connectivity index (χ0v) is 50.3. The summed E-state index contributed by atoms with van der Waals surface area (Å²) in [6, 6.07) is 0. The first-order valence-corrected chi connectivity index (χ1v) is 32.6. The summed E-state index contributed by atoms with van der Waals surface area (Å²) < 4.78 is 16.9. The Morgan fingerprint density at radius 3 is 0.842 bits per heavy atom. The van der Waals surface area contributed by atoms with E-state index in [-0.39, 0.29) is 37.5 Å². The molecule has 0 amide bonds. The van der Waals surface area contributed by atoms with Crippen molar-refractivity contribution < 1.29 is 28.6 Å². The number of carbonyl (C=O) groups is 3. The Hall–Kier alpha value is -3.41. The summed E-state index contributed by atoms with van der Waals surface area (Å²) in [5.41, 5.74) is 0. The summed E-state index contributed by atoms with van der Waals surface area (Å²) >= 11 is 0. The van der Waals surface area contributed by atoms with Gasteiger partial charge in [-0.2, -0.15) is 0 Å². The highest BCUT2D eigenvalue weighted by molar-refractivity contribution is 5.71. The summed E-state index contributed by atoms with van der Waals surface area (Å²) in [4.78, 5) is 38.3. The molecule has 0 aliphatic carbocycles. The normalized spacial score (nSPS) is 12.6. The van der Waals surface area contributed by atoms with Gasteiger partial charge in [-0.15, -0.1) is 0 Å². The van der Waals surface area contributed by atoms with E-state index in [0.717, 1.165) is 83.5 Å². The molecule has 0 spiro atoms. The van der Waals surface area contributed by atoms with E-state index in [0.29, 0.717) is 19.3 Å². The minimum absolute atomic E-state index is 0.0957. The van der Waals surface area contributed by atoms with Crippen molar-refractivity contribution in [1.82, 2.24) is 0 Å². The predicted molar refractivity (Wildman–Crippen MR) is 330 cm³/mol. The second kappa shape index (κ2) is 64.1. The first kappa shape index (κ1) is 72.6. The number of unbranched alkanes of at least 4 members (excludes halogenated alkanes) is 34. The number of allylic oxidation sites excluding steroid dienone is 14. The van der Waals surface area contributed by atoms with E-state index in [4.69, 9.17) is 14.2 Å². The molecule has 0 aromatic rings. The molecule has 0 saturated carbocycles. The maximum Gasteiger partial charge on any atom is 0.306 e. The van der Waals surface area contributed by atoms with Crippen LogP contribution in [0.25, 0.3) is 0 Å². The Balaban J connectivity index is 4.31. The number of hydrogen-bond donors (Lipinski definition) is 0. The monoisotopic (exact) mass is 1060 g/mol. The lowest BCUT2D eigenvalue weighted by Gasteiger charge is -2.18. The highest BCUT2D eigenvalue weighted by Gasteiger charge is 2.19. The van der Waals surface area contributed by atoms with Crippen LogP contribution in [0.2, 0.25) is 0 Å². The van der Waals surface area contributed by atoms with Gasteiger partial charge < -0.3 is 14.2 Å². The van der Waals surface area contributed by atoms with Gasteiger partial charge >= 0.3 is 17.9 Å². The molecule has 6 heteroatoms. The number of esters is 3. The fourth-order valence-corrected chi connectivity index (χ4v) is 9.28. The molecule has 0 aliphatic heterocycles. The molecule has 76 heavy (non-hydrogen) atoms. The van der Waals surface area contributed by atoms with Gasteiger partial charge in [-0.25, -0.2) is 0 Å². The lowest BCUT2D eigenvalue weighted by Crippen LogP contribution is -2.30. The molecule has 0 heterocycles. The maximum atomic E-state index is 12.9. The maximum absolute atomic E-state index is 12.9. The molecule has 0 radical (unpaired) electrons. The van der Waals surface area contributed by atoms with Crippen LogP contribution in [0.5, 0.6) is 0 Å². The largest absolute Gasteiger partial charge is 0.462 e. The van der Waals surface area contributed by atoms with Gasteiger partial charge in [0.1, 0.15) is 13.2 Å². The Kier molecular flexibility index (Phi) is 61.2. The SMILES string of the molecule is CC/C=C\C/C=C\C/C=C\C/C=C\C/C=C\CCCC(=O)OC(COC(=O)CCCCCCCCCCCCCCCC)COC(=O)CCCCCCCCCCCCCCCCC/C=C\C/C=C\CCCCCCC. The molecule has 0 aromatic heterocycles. The molecule has 0 fully saturated rings. The summed E-state index contributed by atoms with van der Waals surface area (Å²) in [6.07, 6.45) is 84.6. The van der Waals surface area contributed by atoms with E-state index in [1.54, 1.807) is 0 Å². The van der Waals surface area contributed by atoms with Crippen LogP contribution in [-0.2, 0) is 28.6 Å². The molecule has 0 bridgehead atoms. The topological polar surface area (TPSA) is 78.9 Å². The molecule has 438 valence electrons. The fourth-order valence-electron chi connectivity index (χ4n) is 9.28. The Bertz CT molecular complexity index is 1450. The average Bonchev–Trinajstić information content (AvgIpc) is 3.42. The molecule has 0 saturated heterocycles. The van der Waals surface area contributed by atoms with Crippen LogP contribution in [0.4, 0.5) is 0 Å². The lowest BCUT2D eigenvalue weighted by molar-refractivity contribution is -0.167. The van der Waals surface area contributed by atoms with E-state index >= 15 is 0 Å². The van der Waals surface area contributed by atoms with Crippen molar-refractivity contribution in [3.63, 3.8) is 0 Å². The minimum Gasteiger partial charge on any atom is -0.462 e. The highest BCUT2D eigenvalue weighted by atomic mass is 16.6. The third-order valence-corrected chi connectivity index (χ3v) is 14.1. The molecule has 0 aliphatic rings. The van der Waals surface area contributed by atoms with Gasteiger partial charge in [0.25, 0.3) is 0 Å². The summed E-state index contributed by atoms with van der Waals surface area (Å²) in [5, 5.41) is 0. The van der Waals surface area contributed by atoms with Crippen molar-refractivity contribution in [3.8, 4) is 0 Å². The van der Waals surface area contributed by atoms with Crippen LogP contribution in [0.15, 0.2) is 85.1 Å². The van der Waals surface area contributed by atoms with E-state index in [9.17, 15) is 14.4 Å². The third-order valence-electron chi connectivity index (χ3n) is 14.1. The zero-order valence-electron chi connectivity index (χ0n) is 50.3. The van der Waals surface area contributed by atoms with Crippen molar-refractivity contribution in [2.45, 2.75) is 329 Å². The Morgan fingerprint density at radius 2 is 0.526 bits per heavy atom. The lowest BCUT2D eigenvalue weighted by atomic mass is 10.0. The quantitative estimate of drug-likeness (QED) is 0.0261. The van der Waals surface area contributed by atoms with Gasteiger partial charge in [0, 0.05) is 19.3 Å². The number of rotatable bonds is 59. The third kappa shape index (κ3) is 61.4. The van der Waals surface area contributed by atoms with Crippen molar-refractivity contribution in [2.75, 3.05) is 13.2 Å². The van der Waals surface area contributed by atoms with Gasteiger partial charge in [0.15, 0.2) is 6.10 Å². The van der Waals surface area contributed by atoms with E-state index < -0.39 is 6.10 Å². The predicted octanol–water partition coefficient (Wildman–Crippen LogP) is 22.3. The van der Waals surface area contributed by atoms with Crippen LogP contribution >= 0.6 is 0 Å². The van der Waals surface area contributed by atoms with E-state index in [1.165, 1.54) is 193 Å². The smallest absolute Gasteiger partial charge is 0.306 e. The summed E-state index contributed by atoms with van der Waals surface area (Å²) in [6.45, 7) is 6.50. The van der Waals surface area contributed by atoms with Crippen LogP contribution in [-0.4, -0.2) is 37.2 Å². The molecule has 1 atom stereocenters. The molecule has 0 rings (SSSR count). The molecular formula is C70H122O6. The molecule has 1 unspecified atom stereocenters. The second-order valence-corrected chi connectivity index (χ2v) is 21.6. The number of carbonyl (C=O) groups excluding carboxylic acids is 3. The average molecular weight is 1060 g/mol. The van der Waals surface area contributed by atoms with Gasteiger partial charge in [-0.3, -0.25) is 14.4 Å². The van der Waals surface area contributed by atoms with E-state index in [2.05, 4.69) is 106 Å². The van der Waals surface area contributed by atoms with Gasteiger partial charge in [0.2, 0.25) is 0 Å². The number of ether oxygens (including phenoxy) is 3. The fraction of sp³-hybridized carbons (Fsp3) is 0.757. The van der Waals surface area contributed by atoms with Gasteiger partial charge in [0.05, 0.1) is 0 Å². The highest BCUT2D eigenvalue weighted by Crippen LogP contribution is 2.17. The van der Waals surface area contributed by atoms with Gasteiger partial charge in [-0.1, -0.05) is 298 Å². The van der Waals surface area contributed by atoms with Crippen molar-refractivity contribution in [2.24, 2.45) is 0 Å². The van der Waals surface area contributed by atoms with Crippen LogP contribution in [0.3, 0.4) is 0 Å².